The van der Waals surface area contributed by atoms with Crippen LogP contribution < -0.4 is 0 Å². The number of benzene rings is 1. The van der Waals surface area contributed by atoms with E-state index in [0.29, 0.717) is 5.56 Å². The van der Waals surface area contributed by atoms with Gasteiger partial charge in [0, 0.05) is 0 Å². The highest BCUT2D eigenvalue weighted by molar-refractivity contribution is 7.10. The Hall–Kier alpha value is -2.05. The lowest BCUT2D eigenvalue weighted by Gasteiger charge is -1.99. The standard InChI is InChI=1S/C14H10O2S/c15-14(12-6-2-1-3-7-12)16-10-4-8-13-9-5-11-17-13/h1-3,5-7,9,11H,10H2. The number of carbonyl (C=O) groups excluding carboxylic acids is 1. The Morgan fingerprint density at radius 2 is 2.00 bits per heavy atom. The molecule has 0 saturated carbocycles. The second kappa shape index (κ2) is 5.88. The first-order valence-electron chi connectivity index (χ1n) is 5.11. The number of hydrogen-bond acceptors (Lipinski definition) is 3. The Labute approximate surface area is 104 Å². The van der Waals surface area contributed by atoms with Gasteiger partial charge in [-0.2, -0.15) is 0 Å². The minimum absolute atomic E-state index is 0.117. The van der Waals surface area contributed by atoms with Crippen molar-refractivity contribution in [1.82, 2.24) is 0 Å². The Morgan fingerprint density at radius 1 is 1.18 bits per heavy atom. The molecule has 0 saturated heterocycles. The molecule has 0 spiro atoms. The van der Waals surface area contributed by atoms with Crippen LogP contribution in [0.5, 0.6) is 0 Å². The second-order valence-electron chi connectivity index (χ2n) is 3.22. The summed E-state index contributed by atoms with van der Waals surface area (Å²) in [5.74, 6) is 5.39. The summed E-state index contributed by atoms with van der Waals surface area (Å²) in [6.07, 6.45) is 0. The number of rotatable bonds is 2. The maximum atomic E-state index is 11.5. The molecule has 0 amide bonds. The Morgan fingerprint density at radius 3 is 2.71 bits per heavy atom. The van der Waals surface area contributed by atoms with Crippen molar-refractivity contribution >= 4 is 17.3 Å². The van der Waals surface area contributed by atoms with Crippen molar-refractivity contribution < 1.29 is 9.53 Å². The van der Waals surface area contributed by atoms with Gasteiger partial charge in [0.05, 0.1) is 10.4 Å². The van der Waals surface area contributed by atoms with Gasteiger partial charge in [0.2, 0.25) is 0 Å². The van der Waals surface area contributed by atoms with Crippen LogP contribution in [0, 0.1) is 11.8 Å². The van der Waals surface area contributed by atoms with Gasteiger partial charge in [-0.15, -0.1) is 11.3 Å². The zero-order chi connectivity index (χ0) is 11.9. The molecule has 0 atom stereocenters. The molecule has 0 aliphatic rings. The van der Waals surface area contributed by atoms with E-state index in [4.69, 9.17) is 4.74 Å². The van der Waals surface area contributed by atoms with Crippen LogP contribution in [0.2, 0.25) is 0 Å². The lowest BCUT2D eigenvalue weighted by Crippen LogP contribution is -2.04. The van der Waals surface area contributed by atoms with Crippen LogP contribution in [0.1, 0.15) is 15.2 Å². The van der Waals surface area contributed by atoms with Gasteiger partial charge >= 0.3 is 5.97 Å². The number of carbonyl (C=O) groups is 1. The lowest BCUT2D eigenvalue weighted by molar-refractivity contribution is 0.0556. The van der Waals surface area contributed by atoms with Crippen molar-refractivity contribution in [3.8, 4) is 11.8 Å². The Kier molecular flexibility index (Phi) is 3.95. The summed E-state index contributed by atoms with van der Waals surface area (Å²) in [6.45, 7) is 0.117. The van der Waals surface area contributed by atoms with Gasteiger partial charge in [0.25, 0.3) is 0 Å². The van der Waals surface area contributed by atoms with Gasteiger partial charge in [0.15, 0.2) is 6.61 Å². The number of thiophene rings is 1. The third-order valence-electron chi connectivity index (χ3n) is 2.02. The van der Waals surface area contributed by atoms with Crippen molar-refractivity contribution in [3.05, 3.63) is 58.3 Å². The van der Waals surface area contributed by atoms with E-state index in [-0.39, 0.29) is 12.6 Å². The Balaban J connectivity index is 1.85. The van der Waals surface area contributed by atoms with Gasteiger partial charge in [-0.25, -0.2) is 4.79 Å². The van der Waals surface area contributed by atoms with Gasteiger partial charge in [-0.05, 0) is 23.6 Å². The first-order chi connectivity index (χ1) is 8.36. The summed E-state index contributed by atoms with van der Waals surface area (Å²) in [5, 5.41) is 1.96. The lowest BCUT2D eigenvalue weighted by atomic mass is 10.2. The minimum Gasteiger partial charge on any atom is -0.449 e. The van der Waals surface area contributed by atoms with E-state index in [0.717, 1.165) is 4.88 Å². The monoisotopic (exact) mass is 242 g/mol. The molecule has 3 heteroatoms. The second-order valence-corrected chi connectivity index (χ2v) is 4.17. The predicted octanol–water partition coefficient (Wildman–Crippen LogP) is 2.96. The summed E-state index contributed by atoms with van der Waals surface area (Å²) in [4.78, 5) is 12.5. The molecular weight excluding hydrogens is 232 g/mol. The fourth-order valence-corrected chi connectivity index (χ4v) is 1.82. The van der Waals surface area contributed by atoms with Crippen LogP contribution in [-0.2, 0) is 4.74 Å². The van der Waals surface area contributed by atoms with Crippen molar-refractivity contribution in [3.63, 3.8) is 0 Å². The average molecular weight is 242 g/mol. The normalized spacial score (nSPS) is 9.18. The molecule has 0 aliphatic carbocycles. The van der Waals surface area contributed by atoms with Gasteiger partial charge < -0.3 is 4.74 Å². The van der Waals surface area contributed by atoms with Crippen LogP contribution in [0.3, 0.4) is 0 Å². The van der Waals surface area contributed by atoms with E-state index in [1.165, 1.54) is 0 Å². The number of esters is 1. The summed E-state index contributed by atoms with van der Waals surface area (Å²) >= 11 is 1.56. The molecule has 0 radical (unpaired) electrons. The summed E-state index contributed by atoms with van der Waals surface area (Å²) in [7, 11) is 0. The molecule has 2 rings (SSSR count). The molecule has 2 aromatic rings. The van der Waals surface area contributed by atoms with Gasteiger partial charge in [-0.1, -0.05) is 36.1 Å². The quantitative estimate of drug-likeness (QED) is 0.598. The molecule has 0 bridgehead atoms. The highest BCUT2D eigenvalue weighted by Crippen LogP contribution is 2.05. The molecule has 1 aromatic carbocycles. The van der Waals surface area contributed by atoms with Crippen LogP contribution in [0.15, 0.2) is 47.8 Å². The fourth-order valence-electron chi connectivity index (χ4n) is 1.23. The highest BCUT2D eigenvalue weighted by atomic mass is 32.1. The van der Waals surface area contributed by atoms with Crippen LogP contribution >= 0.6 is 11.3 Å². The minimum atomic E-state index is -0.342. The molecule has 1 heterocycles. The first kappa shape index (κ1) is 11.4. The van der Waals surface area contributed by atoms with Gasteiger partial charge in [0.1, 0.15) is 0 Å². The van der Waals surface area contributed by atoms with Gasteiger partial charge in [-0.3, -0.25) is 0 Å². The zero-order valence-corrected chi connectivity index (χ0v) is 9.87. The molecule has 0 fully saturated rings. The zero-order valence-electron chi connectivity index (χ0n) is 9.05. The molecule has 1 aromatic heterocycles. The SMILES string of the molecule is O=C(OCC#Cc1cccs1)c1ccccc1. The van der Waals surface area contributed by atoms with Crippen LogP contribution in [0.4, 0.5) is 0 Å². The maximum Gasteiger partial charge on any atom is 0.339 e. The average Bonchev–Trinajstić information content (AvgIpc) is 2.88. The topological polar surface area (TPSA) is 26.3 Å². The molecule has 84 valence electrons. The van der Waals surface area contributed by atoms with Crippen molar-refractivity contribution in [2.45, 2.75) is 0 Å². The molecule has 0 N–H and O–H groups in total. The fraction of sp³-hybridized carbons (Fsp3) is 0.0714. The van der Waals surface area contributed by atoms with Crippen LogP contribution in [-0.4, -0.2) is 12.6 Å². The summed E-state index contributed by atoms with van der Waals surface area (Å²) in [5.41, 5.74) is 0.547. The van der Waals surface area contributed by atoms with E-state index in [9.17, 15) is 4.79 Å². The predicted molar refractivity (Wildman–Crippen MR) is 67.9 cm³/mol. The molecular formula is C14H10O2S. The smallest absolute Gasteiger partial charge is 0.339 e. The maximum absolute atomic E-state index is 11.5. The van der Waals surface area contributed by atoms with E-state index < -0.39 is 0 Å². The molecule has 0 unspecified atom stereocenters. The van der Waals surface area contributed by atoms with E-state index in [1.807, 2.05) is 23.6 Å². The first-order valence-corrected chi connectivity index (χ1v) is 5.99. The number of ether oxygens (including phenoxy) is 1. The Bertz CT molecular complexity index is 533. The third kappa shape index (κ3) is 3.47. The number of hydrogen-bond donors (Lipinski definition) is 0. The summed E-state index contributed by atoms with van der Waals surface area (Å²) < 4.78 is 5.02. The van der Waals surface area contributed by atoms with Crippen molar-refractivity contribution in [2.24, 2.45) is 0 Å². The molecule has 0 aliphatic heterocycles. The van der Waals surface area contributed by atoms with E-state index in [1.54, 1.807) is 35.6 Å². The molecule has 2 nitrogen and oxygen atoms in total. The third-order valence-corrected chi connectivity index (χ3v) is 2.80. The van der Waals surface area contributed by atoms with Crippen LogP contribution in [0.25, 0.3) is 0 Å². The summed E-state index contributed by atoms with van der Waals surface area (Å²) in [6, 6.07) is 12.8. The van der Waals surface area contributed by atoms with E-state index >= 15 is 0 Å². The van der Waals surface area contributed by atoms with Crippen molar-refractivity contribution in [2.75, 3.05) is 6.61 Å². The molecule has 17 heavy (non-hydrogen) atoms. The highest BCUT2D eigenvalue weighted by Gasteiger charge is 2.03. The van der Waals surface area contributed by atoms with Crippen molar-refractivity contribution in [1.29, 1.82) is 0 Å². The van der Waals surface area contributed by atoms with E-state index in [2.05, 4.69) is 11.8 Å². The largest absolute Gasteiger partial charge is 0.449 e.